The fraction of sp³-hybridized carbons (Fsp3) is 0.746. The first-order valence-corrected chi connectivity index (χ1v) is 33.1. The lowest BCUT2D eigenvalue weighted by Gasteiger charge is -2.29. The van der Waals surface area contributed by atoms with Crippen LogP contribution >= 0.6 is 7.82 Å². The lowest BCUT2D eigenvalue weighted by Crippen LogP contribution is -2.45. The molecule has 0 spiro atoms. The predicted octanol–water partition coefficient (Wildman–Crippen LogP) is 19.1. The molecule has 0 bridgehead atoms. The van der Waals surface area contributed by atoms with E-state index in [2.05, 4.69) is 104 Å². The van der Waals surface area contributed by atoms with Crippen LogP contribution in [0.4, 0.5) is 0 Å². The molecule has 0 radical (unpaired) electrons. The van der Waals surface area contributed by atoms with E-state index in [0.29, 0.717) is 17.4 Å². The number of phosphoric ester groups is 1. The van der Waals surface area contributed by atoms with Crippen molar-refractivity contribution in [2.75, 3.05) is 40.9 Å². The van der Waals surface area contributed by atoms with Gasteiger partial charge in [-0.2, -0.15) is 0 Å². The Balaban J connectivity index is 4.00. The van der Waals surface area contributed by atoms with Crippen LogP contribution in [0, 0.1) is 0 Å². The van der Waals surface area contributed by atoms with Gasteiger partial charge in [0.2, 0.25) is 5.91 Å². The normalized spacial score (nSPS) is 14.5. The van der Waals surface area contributed by atoms with E-state index >= 15 is 0 Å². The maximum absolute atomic E-state index is 13.0. The van der Waals surface area contributed by atoms with Crippen molar-refractivity contribution in [3.8, 4) is 0 Å². The lowest BCUT2D eigenvalue weighted by atomic mass is 10.0. The zero-order chi connectivity index (χ0) is 55.6. The van der Waals surface area contributed by atoms with Gasteiger partial charge in [-0.25, -0.2) is 0 Å². The number of carbonyl (C=O) groups is 1. The molecule has 0 aromatic carbocycles. The first kappa shape index (κ1) is 73.4. The van der Waals surface area contributed by atoms with Crippen LogP contribution in [-0.4, -0.2) is 68.5 Å². The number of phosphoric acid groups is 1. The van der Waals surface area contributed by atoms with E-state index in [0.717, 1.165) is 83.5 Å². The van der Waals surface area contributed by atoms with Crippen molar-refractivity contribution in [3.05, 3.63) is 97.2 Å². The summed E-state index contributed by atoms with van der Waals surface area (Å²) in [5.41, 5.74) is 0. The van der Waals surface area contributed by atoms with E-state index in [-0.39, 0.29) is 19.1 Å². The molecule has 76 heavy (non-hydrogen) atoms. The summed E-state index contributed by atoms with van der Waals surface area (Å²) < 4.78 is 23.4. The highest BCUT2D eigenvalue weighted by Gasteiger charge is 2.23. The number of carbonyl (C=O) groups excluding carboxylic acids is 1. The van der Waals surface area contributed by atoms with E-state index in [1.807, 2.05) is 27.2 Å². The van der Waals surface area contributed by atoms with Gasteiger partial charge in [-0.15, -0.1) is 0 Å². The van der Waals surface area contributed by atoms with Crippen LogP contribution in [0.5, 0.6) is 0 Å². The summed E-state index contributed by atoms with van der Waals surface area (Å²) in [5.74, 6) is -0.198. The number of aliphatic hydroxyl groups is 1. The molecule has 0 saturated heterocycles. The molecule has 0 fully saturated rings. The number of hydrogen-bond donors (Lipinski definition) is 2. The van der Waals surface area contributed by atoms with Crippen molar-refractivity contribution in [2.45, 2.75) is 283 Å². The fourth-order valence-corrected chi connectivity index (χ4v) is 9.62. The third kappa shape index (κ3) is 59.1. The molecular formula is C67H121N2O6P. The SMILES string of the molecule is CC/C=C\C/C=C\C/C=C\C/C=C\C/C=C\C/C=C\C/C=C\CCCCCCCCCCCCCCCCCCCC(=O)NC(COP(=O)([O-])OCC[N+](C)(C)C)C(O)/C=C/CCCCCCCCCCCCCCC. The van der Waals surface area contributed by atoms with Gasteiger partial charge in [-0.3, -0.25) is 9.36 Å². The second-order valence-electron chi connectivity index (χ2n) is 22.4. The minimum absolute atomic E-state index is 0.00274. The minimum atomic E-state index is -4.60. The van der Waals surface area contributed by atoms with Crippen LogP contribution in [0.15, 0.2) is 97.2 Å². The van der Waals surface area contributed by atoms with Crippen LogP contribution in [0.3, 0.4) is 0 Å². The van der Waals surface area contributed by atoms with Crippen LogP contribution in [0.1, 0.15) is 271 Å². The highest BCUT2D eigenvalue weighted by Crippen LogP contribution is 2.38. The molecule has 0 aliphatic heterocycles. The van der Waals surface area contributed by atoms with Crippen molar-refractivity contribution in [3.63, 3.8) is 0 Å². The Kier molecular flexibility index (Phi) is 55.2. The summed E-state index contributed by atoms with van der Waals surface area (Å²) >= 11 is 0. The first-order chi connectivity index (χ1) is 37.0. The molecule has 3 atom stereocenters. The van der Waals surface area contributed by atoms with Crippen molar-refractivity contribution < 1.29 is 32.9 Å². The Hall–Kier alpha value is -2.58. The number of aliphatic hydroxyl groups excluding tert-OH is 1. The average Bonchev–Trinajstić information content (AvgIpc) is 3.38. The number of rotatable bonds is 57. The highest BCUT2D eigenvalue weighted by atomic mass is 31.2. The largest absolute Gasteiger partial charge is 0.756 e. The summed E-state index contributed by atoms with van der Waals surface area (Å²) in [5, 5.41) is 13.9. The molecule has 0 aromatic heterocycles. The molecule has 0 saturated carbocycles. The zero-order valence-electron chi connectivity index (χ0n) is 50.2. The molecule has 0 rings (SSSR count). The van der Waals surface area contributed by atoms with Crippen LogP contribution in [0.2, 0.25) is 0 Å². The summed E-state index contributed by atoms with van der Waals surface area (Å²) in [6.45, 7) is 4.54. The Morgan fingerprint density at radius 1 is 0.474 bits per heavy atom. The molecule has 2 N–H and O–H groups in total. The van der Waals surface area contributed by atoms with E-state index < -0.39 is 20.0 Å². The number of allylic oxidation sites excluding steroid dienone is 15. The smallest absolute Gasteiger partial charge is 0.268 e. The molecule has 8 nitrogen and oxygen atoms in total. The number of quaternary nitrogens is 1. The Morgan fingerprint density at radius 3 is 1.17 bits per heavy atom. The topological polar surface area (TPSA) is 108 Å². The fourth-order valence-electron chi connectivity index (χ4n) is 8.90. The van der Waals surface area contributed by atoms with Crippen LogP contribution < -0.4 is 10.2 Å². The number of amides is 1. The maximum Gasteiger partial charge on any atom is 0.268 e. The van der Waals surface area contributed by atoms with Gasteiger partial charge in [0, 0.05) is 6.42 Å². The average molecular weight is 1080 g/mol. The summed E-state index contributed by atoms with van der Waals surface area (Å²) in [7, 11) is 1.26. The number of unbranched alkanes of at least 4 members (excludes halogenated alkanes) is 30. The van der Waals surface area contributed by atoms with Crippen molar-refractivity contribution in [2.24, 2.45) is 0 Å². The Morgan fingerprint density at radius 2 is 0.803 bits per heavy atom. The van der Waals surface area contributed by atoms with Gasteiger partial charge in [-0.1, -0.05) is 284 Å². The van der Waals surface area contributed by atoms with Crippen molar-refractivity contribution in [1.82, 2.24) is 5.32 Å². The van der Waals surface area contributed by atoms with Crippen LogP contribution in [-0.2, 0) is 18.4 Å². The predicted molar refractivity (Wildman–Crippen MR) is 329 cm³/mol. The first-order valence-electron chi connectivity index (χ1n) is 31.6. The Labute approximate surface area is 470 Å². The third-order valence-electron chi connectivity index (χ3n) is 13.8. The zero-order valence-corrected chi connectivity index (χ0v) is 51.1. The second-order valence-corrected chi connectivity index (χ2v) is 23.8. The minimum Gasteiger partial charge on any atom is -0.756 e. The van der Waals surface area contributed by atoms with Crippen LogP contribution in [0.25, 0.3) is 0 Å². The molecule has 0 aliphatic carbocycles. The van der Waals surface area contributed by atoms with E-state index in [1.54, 1.807) is 6.08 Å². The van der Waals surface area contributed by atoms with Gasteiger partial charge in [0.15, 0.2) is 0 Å². The number of nitrogens with zero attached hydrogens (tertiary/aromatic N) is 1. The van der Waals surface area contributed by atoms with Gasteiger partial charge in [0.1, 0.15) is 13.2 Å². The molecule has 0 heterocycles. The molecule has 9 heteroatoms. The van der Waals surface area contributed by atoms with Gasteiger partial charge in [-0.05, 0) is 77.0 Å². The quantitative estimate of drug-likeness (QED) is 0.0272. The summed E-state index contributed by atoms with van der Waals surface area (Å²) in [6.07, 6.45) is 82.2. The maximum atomic E-state index is 13.0. The third-order valence-corrected chi connectivity index (χ3v) is 14.8. The summed E-state index contributed by atoms with van der Waals surface area (Å²) in [4.78, 5) is 25.5. The molecular weight excluding hydrogens is 960 g/mol. The van der Waals surface area contributed by atoms with E-state index in [1.165, 1.54) is 167 Å². The van der Waals surface area contributed by atoms with Gasteiger partial charge in [0.05, 0.1) is 39.9 Å². The van der Waals surface area contributed by atoms with Gasteiger partial charge >= 0.3 is 0 Å². The molecule has 3 unspecified atom stereocenters. The molecule has 1 amide bonds. The second kappa shape index (κ2) is 57.1. The van der Waals surface area contributed by atoms with E-state index in [9.17, 15) is 19.4 Å². The number of nitrogens with one attached hydrogen (secondary N) is 1. The van der Waals surface area contributed by atoms with Gasteiger partial charge < -0.3 is 28.8 Å². The van der Waals surface area contributed by atoms with Gasteiger partial charge in [0.25, 0.3) is 7.82 Å². The number of likely N-dealkylation sites (N-methyl/N-ethyl adjacent to an activating group) is 1. The van der Waals surface area contributed by atoms with Crippen molar-refractivity contribution in [1.29, 1.82) is 0 Å². The highest BCUT2D eigenvalue weighted by molar-refractivity contribution is 7.45. The summed E-state index contributed by atoms with van der Waals surface area (Å²) in [6, 6.07) is -0.889. The van der Waals surface area contributed by atoms with E-state index in [4.69, 9.17) is 9.05 Å². The van der Waals surface area contributed by atoms with Crippen molar-refractivity contribution >= 4 is 13.7 Å². The molecule has 0 aliphatic rings. The lowest BCUT2D eigenvalue weighted by molar-refractivity contribution is -0.870. The molecule has 0 aromatic rings. The Bertz CT molecular complexity index is 1560. The monoisotopic (exact) mass is 1080 g/mol. The number of hydrogen-bond acceptors (Lipinski definition) is 6. The standard InChI is InChI=1S/C67H121N2O6P/c1-6-8-10-12-14-16-18-20-22-23-24-25-26-27-28-29-30-31-32-33-34-35-36-37-38-39-40-41-42-43-44-45-47-49-51-53-55-57-59-61-67(71)68-65(64-75-76(72,73)74-63-62-69(3,4)5)66(70)60-58-56-54-52-50-48-46-21-19-17-15-13-11-9-7-2/h8,10,14,16,20,22,24-25,27-28,30-31,33-34,58,60,65-66,70H,6-7,9,11-13,15,17-19,21,23,26,29,32,35-57,59,61-64H2,1-5H3,(H-,68,71,72,73)/b10-8-,16-14-,22-20-,25-24-,28-27-,31-30-,34-33-,60-58+. The molecule has 440 valence electrons.